The highest BCUT2D eigenvalue weighted by Crippen LogP contribution is 2.29. The summed E-state index contributed by atoms with van der Waals surface area (Å²) in [4.78, 5) is 4.00. The lowest BCUT2D eigenvalue weighted by Gasteiger charge is -2.05. The molecule has 0 amide bonds. The molecule has 0 aliphatic carbocycles. The number of hydrogen-bond acceptors (Lipinski definition) is 2. The summed E-state index contributed by atoms with van der Waals surface area (Å²) in [6.07, 6.45) is 3.30. The average Bonchev–Trinajstić information content (AvgIpc) is 2.41. The van der Waals surface area contributed by atoms with E-state index in [0.29, 0.717) is 10.6 Å². The quantitative estimate of drug-likeness (QED) is 0.759. The molecule has 0 saturated carbocycles. The van der Waals surface area contributed by atoms with Gasteiger partial charge < -0.3 is 0 Å². The van der Waals surface area contributed by atoms with Gasteiger partial charge in [-0.3, -0.25) is 4.98 Å². The summed E-state index contributed by atoms with van der Waals surface area (Å²) in [5.41, 5.74) is 3.12. The highest BCUT2D eigenvalue weighted by Gasteiger charge is 2.09. The number of rotatable bonds is 2. The predicted octanol–water partition coefficient (Wildman–Crippen LogP) is 4.02. The lowest BCUT2D eigenvalue weighted by atomic mass is 10.0. The van der Waals surface area contributed by atoms with Crippen LogP contribution in [0.15, 0.2) is 48.8 Å². The highest BCUT2D eigenvalue weighted by atomic mass is 35.5. The number of nitrogens with zero attached hydrogens (tertiary/aromatic N) is 2. The van der Waals surface area contributed by atoms with E-state index in [-0.39, 0.29) is 0 Å². The van der Waals surface area contributed by atoms with E-state index in [1.807, 2.05) is 37.3 Å². The van der Waals surface area contributed by atoms with Crippen LogP contribution in [-0.2, 0) is 0 Å². The van der Waals surface area contributed by atoms with Crippen molar-refractivity contribution in [2.45, 2.75) is 6.92 Å². The van der Waals surface area contributed by atoms with Gasteiger partial charge in [-0.1, -0.05) is 47.5 Å². The lowest BCUT2D eigenvalue weighted by Crippen LogP contribution is -1.87. The summed E-state index contributed by atoms with van der Waals surface area (Å²) in [6.45, 7) is 1.99. The maximum atomic E-state index is 9.26. The summed E-state index contributed by atoms with van der Waals surface area (Å²) >= 11 is 6.31. The Balaban J connectivity index is 2.55. The molecule has 0 N–H and O–H groups in total. The van der Waals surface area contributed by atoms with Crippen LogP contribution in [0.3, 0.4) is 0 Å². The first-order chi connectivity index (χ1) is 8.72. The normalized spacial score (nSPS) is 11.6. The second kappa shape index (κ2) is 5.48. The van der Waals surface area contributed by atoms with Crippen molar-refractivity contribution in [3.05, 3.63) is 65.5 Å². The first-order valence-electron chi connectivity index (χ1n) is 5.49. The van der Waals surface area contributed by atoms with Gasteiger partial charge in [0.2, 0.25) is 0 Å². The smallest absolute Gasteiger partial charge is 0.101 e. The molecule has 0 atom stereocenters. The Bertz CT molecular complexity index is 624. The molecule has 0 aliphatic rings. The topological polar surface area (TPSA) is 36.7 Å². The fourth-order valence-electron chi connectivity index (χ4n) is 1.68. The fourth-order valence-corrected chi connectivity index (χ4v) is 1.95. The van der Waals surface area contributed by atoms with Crippen molar-refractivity contribution in [1.82, 2.24) is 4.98 Å². The van der Waals surface area contributed by atoms with Crippen molar-refractivity contribution in [2.24, 2.45) is 0 Å². The molecule has 1 aromatic heterocycles. The van der Waals surface area contributed by atoms with Gasteiger partial charge in [0, 0.05) is 18.0 Å². The molecule has 1 aromatic carbocycles. The van der Waals surface area contributed by atoms with Crippen LogP contribution in [-0.4, -0.2) is 4.98 Å². The van der Waals surface area contributed by atoms with Crippen molar-refractivity contribution in [1.29, 1.82) is 5.26 Å². The second-order valence-electron chi connectivity index (χ2n) is 3.91. The standard InChI is InChI=1S/C15H11ClN2/c1-11-4-2-5-12(8-11)15(16)14(9-17)13-6-3-7-18-10-13/h2-8,10H,1H3/b15-14+. The number of hydrogen-bond donors (Lipinski definition) is 0. The van der Waals surface area contributed by atoms with E-state index >= 15 is 0 Å². The molecule has 0 unspecified atom stereocenters. The Hall–Kier alpha value is -2.11. The summed E-state index contributed by atoms with van der Waals surface area (Å²) in [5, 5.41) is 9.71. The zero-order valence-electron chi connectivity index (χ0n) is 9.89. The molecule has 88 valence electrons. The van der Waals surface area contributed by atoms with Crippen molar-refractivity contribution >= 4 is 22.2 Å². The van der Waals surface area contributed by atoms with E-state index in [4.69, 9.17) is 11.6 Å². The fraction of sp³-hybridized carbons (Fsp3) is 0.0667. The zero-order chi connectivity index (χ0) is 13.0. The molecule has 0 fully saturated rings. The Kier molecular flexibility index (Phi) is 3.76. The van der Waals surface area contributed by atoms with E-state index in [2.05, 4.69) is 11.1 Å². The number of pyridine rings is 1. The zero-order valence-corrected chi connectivity index (χ0v) is 10.6. The number of aryl methyl sites for hydroxylation is 1. The van der Waals surface area contributed by atoms with Crippen LogP contribution in [0.2, 0.25) is 0 Å². The number of halogens is 1. The molecular weight excluding hydrogens is 244 g/mol. The number of nitriles is 1. The minimum atomic E-state index is 0.440. The number of aromatic nitrogens is 1. The van der Waals surface area contributed by atoms with Gasteiger partial charge in [0.1, 0.15) is 6.07 Å². The Morgan fingerprint density at radius 2 is 2.00 bits per heavy atom. The van der Waals surface area contributed by atoms with Crippen LogP contribution in [0.25, 0.3) is 10.6 Å². The summed E-state index contributed by atoms with van der Waals surface area (Å²) in [6, 6.07) is 13.5. The highest BCUT2D eigenvalue weighted by molar-refractivity contribution is 6.53. The molecule has 3 heteroatoms. The second-order valence-corrected chi connectivity index (χ2v) is 4.29. The molecule has 1 heterocycles. The Labute approximate surface area is 111 Å². The molecule has 0 spiro atoms. The minimum absolute atomic E-state index is 0.440. The van der Waals surface area contributed by atoms with Gasteiger partial charge in [0.25, 0.3) is 0 Å². The van der Waals surface area contributed by atoms with Gasteiger partial charge >= 0.3 is 0 Å². The molecule has 0 saturated heterocycles. The molecule has 2 nitrogen and oxygen atoms in total. The molecule has 2 aromatic rings. The third kappa shape index (κ3) is 2.58. The van der Waals surface area contributed by atoms with Crippen LogP contribution in [0.5, 0.6) is 0 Å². The van der Waals surface area contributed by atoms with Gasteiger partial charge in [-0.05, 0) is 18.6 Å². The SMILES string of the molecule is Cc1cccc(/C(Cl)=C(/C#N)c2cccnc2)c1. The van der Waals surface area contributed by atoms with Gasteiger partial charge in [-0.2, -0.15) is 5.26 Å². The van der Waals surface area contributed by atoms with Gasteiger partial charge in [0.15, 0.2) is 0 Å². The first kappa shape index (κ1) is 12.3. The van der Waals surface area contributed by atoms with Crippen LogP contribution >= 0.6 is 11.6 Å². The predicted molar refractivity (Wildman–Crippen MR) is 73.7 cm³/mol. The molecular formula is C15H11ClN2. The summed E-state index contributed by atoms with van der Waals surface area (Å²) in [5.74, 6) is 0. The Morgan fingerprint density at radius 3 is 2.61 bits per heavy atom. The molecule has 0 aliphatic heterocycles. The van der Waals surface area contributed by atoms with Gasteiger partial charge in [-0.25, -0.2) is 0 Å². The monoisotopic (exact) mass is 254 g/mol. The number of benzene rings is 1. The van der Waals surface area contributed by atoms with E-state index in [9.17, 15) is 5.26 Å². The molecule has 0 bridgehead atoms. The average molecular weight is 255 g/mol. The van der Waals surface area contributed by atoms with Gasteiger partial charge in [0.05, 0.1) is 10.6 Å². The van der Waals surface area contributed by atoms with E-state index in [1.54, 1.807) is 18.5 Å². The Morgan fingerprint density at radius 1 is 1.22 bits per heavy atom. The van der Waals surface area contributed by atoms with E-state index in [1.165, 1.54) is 0 Å². The van der Waals surface area contributed by atoms with Crippen LogP contribution in [0.4, 0.5) is 0 Å². The maximum Gasteiger partial charge on any atom is 0.101 e. The maximum absolute atomic E-state index is 9.26. The number of allylic oxidation sites excluding steroid dienone is 1. The molecule has 18 heavy (non-hydrogen) atoms. The van der Waals surface area contributed by atoms with Crippen LogP contribution in [0.1, 0.15) is 16.7 Å². The van der Waals surface area contributed by atoms with Crippen molar-refractivity contribution < 1.29 is 0 Å². The minimum Gasteiger partial charge on any atom is -0.264 e. The van der Waals surface area contributed by atoms with Crippen LogP contribution in [0, 0.1) is 18.3 Å². The first-order valence-corrected chi connectivity index (χ1v) is 5.87. The molecule has 2 rings (SSSR count). The lowest BCUT2D eigenvalue weighted by molar-refractivity contribution is 1.31. The van der Waals surface area contributed by atoms with Gasteiger partial charge in [-0.15, -0.1) is 0 Å². The summed E-state index contributed by atoms with van der Waals surface area (Å²) < 4.78 is 0. The van der Waals surface area contributed by atoms with Crippen molar-refractivity contribution in [3.63, 3.8) is 0 Å². The van der Waals surface area contributed by atoms with E-state index in [0.717, 1.165) is 16.7 Å². The van der Waals surface area contributed by atoms with Crippen molar-refractivity contribution in [3.8, 4) is 6.07 Å². The third-order valence-electron chi connectivity index (χ3n) is 2.55. The van der Waals surface area contributed by atoms with Crippen molar-refractivity contribution in [2.75, 3.05) is 0 Å². The molecule has 0 radical (unpaired) electrons. The van der Waals surface area contributed by atoms with E-state index < -0.39 is 0 Å². The third-order valence-corrected chi connectivity index (χ3v) is 2.96. The summed E-state index contributed by atoms with van der Waals surface area (Å²) in [7, 11) is 0. The van der Waals surface area contributed by atoms with Crippen LogP contribution < -0.4 is 0 Å². The largest absolute Gasteiger partial charge is 0.264 e.